The lowest BCUT2D eigenvalue weighted by atomic mass is 10.0. The summed E-state index contributed by atoms with van der Waals surface area (Å²) in [5, 5.41) is 12.6. The number of rotatable bonds is 5. The zero-order valence-electron chi connectivity index (χ0n) is 11.0. The minimum Gasteiger partial charge on any atom is -0.480 e. The molecule has 1 aromatic carbocycles. The normalized spacial score (nSPS) is 23.7. The van der Waals surface area contributed by atoms with E-state index in [1.54, 1.807) is 0 Å². The smallest absolute Gasteiger partial charge is 0.317 e. The van der Waals surface area contributed by atoms with E-state index in [9.17, 15) is 4.79 Å². The second-order valence-corrected chi connectivity index (χ2v) is 5.83. The molecule has 0 bridgehead atoms. The summed E-state index contributed by atoms with van der Waals surface area (Å²) in [5.41, 5.74) is 1.08. The summed E-state index contributed by atoms with van der Waals surface area (Å²) in [6.45, 7) is 4.77. The minimum absolute atomic E-state index is 0.0154. The first kappa shape index (κ1) is 14.3. The van der Waals surface area contributed by atoms with Crippen molar-refractivity contribution in [2.75, 3.05) is 19.6 Å². The summed E-state index contributed by atoms with van der Waals surface area (Å²) in [7, 11) is 0. The zero-order valence-corrected chi connectivity index (χ0v) is 11.8. The number of benzene rings is 1. The van der Waals surface area contributed by atoms with Crippen LogP contribution in [0.5, 0.6) is 0 Å². The molecule has 1 heterocycles. The number of nitrogens with one attached hydrogen (secondary N) is 1. The third-order valence-corrected chi connectivity index (χ3v) is 3.75. The number of likely N-dealkylation sites (tertiary alicyclic amines) is 1. The van der Waals surface area contributed by atoms with Crippen molar-refractivity contribution in [3.8, 4) is 0 Å². The fourth-order valence-corrected chi connectivity index (χ4v) is 2.73. The minimum atomic E-state index is -0.811. The number of carboxylic acid groups (broad SMARTS) is 1. The highest BCUT2D eigenvalue weighted by Crippen LogP contribution is 2.23. The van der Waals surface area contributed by atoms with E-state index in [1.165, 1.54) is 5.56 Å². The molecule has 0 spiro atoms. The first-order valence-corrected chi connectivity index (χ1v) is 6.78. The van der Waals surface area contributed by atoms with E-state index in [4.69, 9.17) is 16.7 Å². The van der Waals surface area contributed by atoms with E-state index in [2.05, 4.69) is 23.2 Å². The summed E-state index contributed by atoms with van der Waals surface area (Å²) >= 11 is 5.97. The third kappa shape index (κ3) is 4.20. The molecule has 19 heavy (non-hydrogen) atoms. The molecule has 0 aliphatic carbocycles. The number of carbonyl (C=O) groups is 1. The van der Waals surface area contributed by atoms with Crippen LogP contribution in [0, 0.1) is 0 Å². The molecule has 2 rings (SSSR count). The van der Waals surface area contributed by atoms with Crippen LogP contribution in [0.25, 0.3) is 0 Å². The standard InChI is InChI=1S/C14H19ClN2O2/c1-14(16-8-13(18)19)5-6-17(10-14)9-11-3-2-4-12(15)7-11/h2-4,7,16H,5-6,8-10H2,1H3,(H,18,19)/t14-/m1/s1. The summed E-state index contributed by atoms with van der Waals surface area (Å²) in [6, 6.07) is 7.86. The molecule has 0 saturated carbocycles. The van der Waals surface area contributed by atoms with Crippen molar-refractivity contribution in [3.05, 3.63) is 34.9 Å². The maximum atomic E-state index is 10.6. The van der Waals surface area contributed by atoms with Gasteiger partial charge in [-0.15, -0.1) is 0 Å². The van der Waals surface area contributed by atoms with Gasteiger partial charge in [0.25, 0.3) is 0 Å². The van der Waals surface area contributed by atoms with Gasteiger partial charge in [-0.05, 0) is 31.0 Å². The molecule has 1 fully saturated rings. The first-order valence-electron chi connectivity index (χ1n) is 6.40. The molecular weight excluding hydrogens is 264 g/mol. The van der Waals surface area contributed by atoms with Crippen molar-refractivity contribution in [3.63, 3.8) is 0 Å². The predicted octanol–water partition coefficient (Wildman–Crippen LogP) is 1.98. The quantitative estimate of drug-likeness (QED) is 0.867. The summed E-state index contributed by atoms with van der Waals surface area (Å²) in [6.07, 6.45) is 0.959. The lowest BCUT2D eigenvalue weighted by Crippen LogP contribution is -2.46. The number of aliphatic carboxylic acids is 1. The highest BCUT2D eigenvalue weighted by Gasteiger charge is 2.33. The van der Waals surface area contributed by atoms with Gasteiger partial charge in [-0.2, -0.15) is 0 Å². The Balaban J connectivity index is 1.89. The van der Waals surface area contributed by atoms with Gasteiger partial charge in [0, 0.05) is 30.2 Å². The lowest BCUT2D eigenvalue weighted by molar-refractivity contribution is -0.136. The Bertz CT molecular complexity index is 467. The van der Waals surface area contributed by atoms with Crippen LogP contribution >= 0.6 is 11.6 Å². The average Bonchev–Trinajstić information content (AvgIpc) is 2.69. The molecule has 4 nitrogen and oxygen atoms in total. The predicted molar refractivity (Wildman–Crippen MR) is 75.4 cm³/mol. The van der Waals surface area contributed by atoms with Crippen LogP contribution < -0.4 is 5.32 Å². The van der Waals surface area contributed by atoms with Crippen molar-refractivity contribution in [1.29, 1.82) is 0 Å². The van der Waals surface area contributed by atoms with Crippen LogP contribution in [0.2, 0.25) is 5.02 Å². The highest BCUT2D eigenvalue weighted by molar-refractivity contribution is 6.30. The molecule has 0 amide bonds. The largest absolute Gasteiger partial charge is 0.480 e. The van der Waals surface area contributed by atoms with Gasteiger partial charge in [0.05, 0.1) is 6.54 Å². The molecule has 5 heteroatoms. The molecule has 0 radical (unpaired) electrons. The van der Waals surface area contributed by atoms with Gasteiger partial charge >= 0.3 is 5.97 Å². The Morgan fingerprint density at radius 3 is 3.05 bits per heavy atom. The number of carboxylic acids is 1. The van der Waals surface area contributed by atoms with Crippen LogP contribution in [-0.4, -0.2) is 41.1 Å². The number of nitrogens with zero attached hydrogens (tertiary/aromatic N) is 1. The fourth-order valence-electron chi connectivity index (χ4n) is 2.52. The maximum Gasteiger partial charge on any atom is 0.317 e. The Morgan fingerprint density at radius 2 is 2.37 bits per heavy atom. The van der Waals surface area contributed by atoms with Crippen molar-refractivity contribution in [2.24, 2.45) is 0 Å². The second kappa shape index (κ2) is 5.90. The summed E-state index contributed by atoms with van der Waals surface area (Å²) in [5.74, 6) is -0.811. The molecular formula is C14H19ClN2O2. The van der Waals surface area contributed by atoms with E-state index < -0.39 is 5.97 Å². The molecule has 1 aromatic rings. The molecule has 1 aliphatic heterocycles. The molecule has 1 aliphatic rings. The van der Waals surface area contributed by atoms with Gasteiger partial charge in [0.1, 0.15) is 0 Å². The lowest BCUT2D eigenvalue weighted by Gasteiger charge is -2.25. The highest BCUT2D eigenvalue weighted by atomic mass is 35.5. The Kier molecular flexibility index (Phi) is 4.45. The van der Waals surface area contributed by atoms with Crippen molar-refractivity contribution < 1.29 is 9.90 Å². The van der Waals surface area contributed by atoms with Gasteiger partial charge in [-0.3, -0.25) is 9.69 Å². The molecule has 104 valence electrons. The van der Waals surface area contributed by atoms with E-state index in [0.29, 0.717) is 0 Å². The Labute approximate surface area is 118 Å². The Hall–Kier alpha value is -1.10. The number of halogens is 1. The monoisotopic (exact) mass is 282 g/mol. The molecule has 0 unspecified atom stereocenters. The second-order valence-electron chi connectivity index (χ2n) is 5.40. The fraction of sp³-hybridized carbons (Fsp3) is 0.500. The van der Waals surface area contributed by atoms with Crippen LogP contribution in [-0.2, 0) is 11.3 Å². The molecule has 0 aromatic heterocycles. The van der Waals surface area contributed by atoms with Gasteiger partial charge in [0.15, 0.2) is 0 Å². The average molecular weight is 283 g/mol. The molecule has 1 saturated heterocycles. The Morgan fingerprint density at radius 1 is 1.58 bits per heavy atom. The SMILES string of the molecule is C[C@@]1(NCC(=O)O)CCN(Cc2cccc(Cl)c2)C1. The van der Waals surface area contributed by atoms with Gasteiger partial charge < -0.3 is 10.4 Å². The van der Waals surface area contributed by atoms with Crippen LogP contribution in [0.15, 0.2) is 24.3 Å². The van der Waals surface area contributed by atoms with E-state index in [0.717, 1.165) is 31.1 Å². The van der Waals surface area contributed by atoms with E-state index in [1.807, 2.05) is 18.2 Å². The third-order valence-electron chi connectivity index (χ3n) is 3.51. The zero-order chi connectivity index (χ0) is 13.9. The number of hydrogen-bond acceptors (Lipinski definition) is 3. The van der Waals surface area contributed by atoms with Crippen molar-refractivity contribution in [1.82, 2.24) is 10.2 Å². The molecule has 2 N–H and O–H groups in total. The van der Waals surface area contributed by atoms with E-state index >= 15 is 0 Å². The summed E-state index contributed by atoms with van der Waals surface area (Å²) < 4.78 is 0. The van der Waals surface area contributed by atoms with Crippen LogP contribution in [0.4, 0.5) is 0 Å². The first-order chi connectivity index (χ1) is 8.97. The van der Waals surface area contributed by atoms with Gasteiger partial charge in [-0.1, -0.05) is 23.7 Å². The number of hydrogen-bond donors (Lipinski definition) is 2. The van der Waals surface area contributed by atoms with Gasteiger partial charge in [0.2, 0.25) is 0 Å². The van der Waals surface area contributed by atoms with Crippen LogP contribution in [0.1, 0.15) is 18.9 Å². The van der Waals surface area contributed by atoms with Crippen molar-refractivity contribution >= 4 is 17.6 Å². The van der Waals surface area contributed by atoms with E-state index in [-0.39, 0.29) is 12.1 Å². The summed E-state index contributed by atoms with van der Waals surface area (Å²) in [4.78, 5) is 12.9. The molecule has 1 atom stereocenters. The van der Waals surface area contributed by atoms with Crippen molar-refractivity contribution in [2.45, 2.75) is 25.4 Å². The van der Waals surface area contributed by atoms with Gasteiger partial charge in [-0.25, -0.2) is 0 Å². The maximum absolute atomic E-state index is 10.6. The van der Waals surface area contributed by atoms with Crippen LogP contribution in [0.3, 0.4) is 0 Å². The topological polar surface area (TPSA) is 52.6 Å².